The number of nitrogens with two attached hydrogens (primary N) is 1. The van der Waals surface area contributed by atoms with Crippen LogP contribution in [0.3, 0.4) is 0 Å². The first kappa shape index (κ1) is 13.5. The summed E-state index contributed by atoms with van der Waals surface area (Å²) < 4.78 is 67.2. The molecule has 0 atom stereocenters. The molecule has 0 radical (unpaired) electrons. The van der Waals surface area contributed by atoms with Crippen molar-refractivity contribution in [1.29, 1.82) is 0 Å². The Bertz CT molecular complexity index is 380. The summed E-state index contributed by atoms with van der Waals surface area (Å²) in [5, 5.41) is 0. The van der Waals surface area contributed by atoms with Gasteiger partial charge in [0.25, 0.3) is 0 Å². The Kier molecular flexibility index (Phi) is 4.11. The van der Waals surface area contributed by atoms with Crippen molar-refractivity contribution >= 4 is 0 Å². The SMILES string of the molecule is NCc1cc(OC(F)(F)F)ccc1OC(F)F. The number of alkyl halides is 5. The summed E-state index contributed by atoms with van der Waals surface area (Å²) in [6.45, 7) is -3.33. The molecule has 8 heteroatoms. The Morgan fingerprint density at radius 2 is 1.88 bits per heavy atom. The molecule has 0 aliphatic rings. The van der Waals surface area contributed by atoms with Gasteiger partial charge in [0.05, 0.1) is 0 Å². The maximum atomic E-state index is 11.9. The molecule has 0 fully saturated rings. The van der Waals surface area contributed by atoms with Crippen LogP contribution in [0.4, 0.5) is 22.0 Å². The second-order valence-electron chi connectivity index (χ2n) is 2.90. The molecule has 0 heterocycles. The van der Waals surface area contributed by atoms with Crippen molar-refractivity contribution in [2.24, 2.45) is 5.73 Å². The fourth-order valence-electron chi connectivity index (χ4n) is 1.12. The monoisotopic (exact) mass is 257 g/mol. The van der Waals surface area contributed by atoms with Crippen LogP contribution in [0, 0.1) is 0 Å². The van der Waals surface area contributed by atoms with E-state index in [1.165, 1.54) is 0 Å². The van der Waals surface area contributed by atoms with E-state index in [0.29, 0.717) is 0 Å². The van der Waals surface area contributed by atoms with Gasteiger partial charge in [-0.15, -0.1) is 13.2 Å². The molecule has 1 aromatic rings. The molecule has 0 unspecified atom stereocenters. The summed E-state index contributed by atoms with van der Waals surface area (Å²) in [4.78, 5) is 0. The van der Waals surface area contributed by atoms with Crippen molar-refractivity contribution in [1.82, 2.24) is 0 Å². The smallest absolute Gasteiger partial charge is 0.434 e. The lowest BCUT2D eigenvalue weighted by molar-refractivity contribution is -0.274. The summed E-state index contributed by atoms with van der Waals surface area (Å²) in [6, 6.07) is 2.70. The average molecular weight is 257 g/mol. The Hall–Kier alpha value is -1.57. The molecule has 0 aromatic heterocycles. The van der Waals surface area contributed by atoms with Crippen molar-refractivity contribution < 1.29 is 31.4 Å². The van der Waals surface area contributed by atoms with Crippen LogP contribution < -0.4 is 15.2 Å². The largest absolute Gasteiger partial charge is 0.573 e. The van der Waals surface area contributed by atoms with E-state index in [9.17, 15) is 22.0 Å². The molecule has 1 rings (SSSR count). The van der Waals surface area contributed by atoms with Gasteiger partial charge in [0.15, 0.2) is 0 Å². The van der Waals surface area contributed by atoms with E-state index in [-0.39, 0.29) is 17.9 Å². The lowest BCUT2D eigenvalue weighted by Gasteiger charge is -2.13. The van der Waals surface area contributed by atoms with Gasteiger partial charge in [-0.25, -0.2) is 0 Å². The zero-order valence-corrected chi connectivity index (χ0v) is 8.30. The number of ether oxygens (including phenoxy) is 2. The number of halogens is 5. The Labute approximate surface area is 92.9 Å². The molecule has 0 saturated heterocycles. The zero-order chi connectivity index (χ0) is 13.1. The maximum Gasteiger partial charge on any atom is 0.573 e. The molecule has 3 nitrogen and oxygen atoms in total. The van der Waals surface area contributed by atoms with E-state index in [0.717, 1.165) is 18.2 Å². The number of hydrogen-bond acceptors (Lipinski definition) is 3. The van der Waals surface area contributed by atoms with Crippen molar-refractivity contribution in [3.8, 4) is 11.5 Å². The van der Waals surface area contributed by atoms with E-state index in [2.05, 4.69) is 9.47 Å². The van der Waals surface area contributed by atoms with Crippen molar-refractivity contribution in [2.45, 2.75) is 19.5 Å². The van der Waals surface area contributed by atoms with Gasteiger partial charge >= 0.3 is 13.0 Å². The summed E-state index contributed by atoms with van der Waals surface area (Å²) in [5.74, 6) is -0.823. The lowest BCUT2D eigenvalue weighted by atomic mass is 10.2. The minimum absolute atomic E-state index is 0.00736. The maximum absolute atomic E-state index is 11.9. The minimum Gasteiger partial charge on any atom is -0.434 e. The highest BCUT2D eigenvalue weighted by atomic mass is 19.4. The highest BCUT2D eigenvalue weighted by Gasteiger charge is 2.31. The Morgan fingerprint density at radius 3 is 2.35 bits per heavy atom. The molecule has 0 aliphatic heterocycles. The van der Waals surface area contributed by atoms with E-state index in [1.54, 1.807) is 0 Å². The minimum atomic E-state index is -4.85. The fraction of sp³-hybridized carbons (Fsp3) is 0.333. The van der Waals surface area contributed by atoms with Crippen LogP contribution in [-0.4, -0.2) is 13.0 Å². The van der Waals surface area contributed by atoms with Crippen LogP contribution in [0.1, 0.15) is 5.56 Å². The lowest BCUT2D eigenvalue weighted by Crippen LogP contribution is -2.17. The first-order chi connectivity index (χ1) is 7.81. The summed E-state index contributed by atoms with van der Waals surface area (Å²) >= 11 is 0. The first-order valence-electron chi connectivity index (χ1n) is 4.35. The molecule has 96 valence electrons. The molecule has 17 heavy (non-hydrogen) atoms. The number of benzene rings is 1. The third kappa shape index (κ3) is 4.43. The molecule has 0 bridgehead atoms. The highest BCUT2D eigenvalue weighted by Crippen LogP contribution is 2.29. The van der Waals surface area contributed by atoms with E-state index in [4.69, 9.17) is 5.73 Å². The summed E-state index contributed by atoms with van der Waals surface area (Å²) in [5.41, 5.74) is 5.19. The molecule has 0 aliphatic carbocycles. The second kappa shape index (κ2) is 5.17. The molecule has 0 spiro atoms. The first-order valence-corrected chi connectivity index (χ1v) is 4.35. The van der Waals surface area contributed by atoms with Gasteiger partial charge in [0.2, 0.25) is 0 Å². The van der Waals surface area contributed by atoms with Gasteiger partial charge in [-0.3, -0.25) is 0 Å². The number of rotatable bonds is 4. The third-order valence-electron chi connectivity index (χ3n) is 1.70. The molecular formula is C9H8F5NO2. The molecule has 0 saturated carbocycles. The van der Waals surface area contributed by atoms with Crippen LogP contribution in [-0.2, 0) is 6.54 Å². The van der Waals surface area contributed by atoms with Crippen LogP contribution in [0.5, 0.6) is 11.5 Å². The van der Waals surface area contributed by atoms with Gasteiger partial charge in [-0.1, -0.05) is 0 Å². The van der Waals surface area contributed by atoms with Gasteiger partial charge in [-0.05, 0) is 18.2 Å². The summed E-state index contributed by atoms with van der Waals surface area (Å²) in [7, 11) is 0. The van der Waals surface area contributed by atoms with Gasteiger partial charge < -0.3 is 15.2 Å². The average Bonchev–Trinajstić information content (AvgIpc) is 2.17. The van der Waals surface area contributed by atoms with Crippen molar-refractivity contribution in [3.63, 3.8) is 0 Å². The van der Waals surface area contributed by atoms with Gasteiger partial charge in [0.1, 0.15) is 11.5 Å². The fourth-order valence-corrected chi connectivity index (χ4v) is 1.12. The predicted octanol–water partition coefficient (Wildman–Crippen LogP) is 2.65. The zero-order valence-electron chi connectivity index (χ0n) is 8.30. The Balaban J connectivity index is 2.92. The third-order valence-corrected chi connectivity index (χ3v) is 1.70. The highest BCUT2D eigenvalue weighted by molar-refractivity contribution is 5.40. The topological polar surface area (TPSA) is 44.5 Å². The van der Waals surface area contributed by atoms with Crippen molar-refractivity contribution in [3.05, 3.63) is 23.8 Å². The predicted molar refractivity (Wildman–Crippen MR) is 47.6 cm³/mol. The van der Waals surface area contributed by atoms with Gasteiger partial charge in [-0.2, -0.15) is 8.78 Å². The van der Waals surface area contributed by atoms with Crippen molar-refractivity contribution in [2.75, 3.05) is 0 Å². The molecule has 2 N–H and O–H groups in total. The molecule has 1 aromatic carbocycles. The normalized spacial score (nSPS) is 11.7. The van der Waals surface area contributed by atoms with Crippen LogP contribution in [0.25, 0.3) is 0 Å². The second-order valence-corrected chi connectivity index (χ2v) is 2.90. The molecular weight excluding hydrogens is 249 g/mol. The van der Waals surface area contributed by atoms with E-state index in [1.807, 2.05) is 0 Å². The number of hydrogen-bond donors (Lipinski definition) is 1. The van der Waals surface area contributed by atoms with Crippen LogP contribution >= 0.6 is 0 Å². The Morgan fingerprint density at radius 1 is 1.24 bits per heavy atom. The standard InChI is InChI=1S/C9H8F5NO2/c10-8(11)16-7-2-1-6(3-5(7)4-15)17-9(12,13)14/h1-3,8H,4,15H2. The van der Waals surface area contributed by atoms with E-state index >= 15 is 0 Å². The summed E-state index contributed by atoms with van der Waals surface area (Å²) in [6.07, 6.45) is -4.85. The van der Waals surface area contributed by atoms with Crippen LogP contribution in [0.15, 0.2) is 18.2 Å². The van der Waals surface area contributed by atoms with E-state index < -0.39 is 18.7 Å². The quantitative estimate of drug-likeness (QED) is 0.843. The van der Waals surface area contributed by atoms with Crippen LogP contribution in [0.2, 0.25) is 0 Å². The molecule has 0 amide bonds. The van der Waals surface area contributed by atoms with Gasteiger partial charge in [0, 0.05) is 12.1 Å².